The van der Waals surface area contributed by atoms with Gasteiger partial charge in [0.2, 0.25) is 0 Å². The molecule has 1 aliphatic rings. The van der Waals surface area contributed by atoms with Gasteiger partial charge in [-0.2, -0.15) is 0 Å². The molecule has 4 N–H and O–H groups in total. The summed E-state index contributed by atoms with van der Waals surface area (Å²) in [5, 5.41) is 18.8. The molecule has 0 bridgehead atoms. The van der Waals surface area contributed by atoms with Crippen molar-refractivity contribution in [2.24, 2.45) is 0 Å². The maximum Gasteiger partial charge on any atom is 0.319 e. The van der Waals surface area contributed by atoms with Crippen LogP contribution >= 0.6 is 0 Å². The smallest absolute Gasteiger partial charge is 0.319 e. The van der Waals surface area contributed by atoms with Crippen molar-refractivity contribution in [1.29, 1.82) is 0 Å². The number of benzene rings is 2. The van der Waals surface area contributed by atoms with E-state index in [1.807, 2.05) is 30.3 Å². The molecule has 0 radical (unpaired) electrons. The number of aliphatic hydroxyl groups is 1. The molecule has 0 saturated heterocycles. The second-order valence-electron chi connectivity index (χ2n) is 6.77. The van der Waals surface area contributed by atoms with Gasteiger partial charge in [0.25, 0.3) is 5.91 Å². The van der Waals surface area contributed by atoms with Gasteiger partial charge in [0, 0.05) is 17.3 Å². The van der Waals surface area contributed by atoms with Crippen LogP contribution in [0.15, 0.2) is 54.6 Å². The number of carbonyl (C=O) groups excluding carboxylic acids is 2. The highest BCUT2D eigenvalue weighted by Gasteiger charge is 2.24. The van der Waals surface area contributed by atoms with Crippen molar-refractivity contribution >= 4 is 17.6 Å². The fraction of sp³-hybridized carbons (Fsp3) is 0.300. The zero-order chi connectivity index (χ0) is 18.6. The first-order chi connectivity index (χ1) is 12.4. The fourth-order valence-electron chi connectivity index (χ4n) is 2.54. The molecule has 0 spiro atoms. The highest BCUT2D eigenvalue weighted by atomic mass is 16.3. The van der Waals surface area contributed by atoms with E-state index in [1.54, 1.807) is 31.2 Å². The number of anilines is 1. The second-order valence-corrected chi connectivity index (χ2v) is 6.77. The molecule has 0 aromatic heterocycles. The Morgan fingerprint density at radius 1 is 1.08 bits per heavy atom. The van der Waals surface area contributed by atoms with Gasteiger partial charge in [-0.15, -0.1) is 0 Å². The lowest BCUT2D eigenvalue weighted by Gasteiger charge is -2.24. The van der Waals surface area contributed by atoms with Crippen molar-refractivity contribution in [3.63, 3.8) is 0 Å². The molecule has 0 unspecified atom stereocenters. The number of amides is 3. The van der Waals surface area contributed by atoms with Crippen LogP contribution in [0.25, 0.3) is 0 Å². The average Bonchev–Trinajstić information content (AvgIpc) is 3.45. The lowest BCUT2D eigenvalue weighted by atomic mass is 9.96. The topological polar surface area (TPSA) is 90.5 Å². The minimum atomic E-state index is -1.15. The molecule has 26 heavy (non-hydrogen) atoms. The van der Waals surface area contributed by atoms with Crippen LogP contribution in [0, 0.1) is 0 Å². The number of hydrogen-bond donors (Lipinski definition) is 4. The van der Waals surface area contributed by atoms with E-state index in [0.717, 1.165) is 18.4 Å². The normalized spacial score (nSPS) is 15.6. The minimum absolute atomic E-state index is 0.0969. The summed E-state index contributed by atoms with van der Waals surface area (Å²) in [6, 6.07) is 15.9. The van der Waals surface area contributed by atoms with E-state index in [2.05, 4.69) is 16.0 Å². The van der Waals surface area contributed by atoms with E-state index in [1.165, 1.54) is 0 Å². The van der Waals surface area contributed by atoms with Gasteiger partial charge in [0.1, 0.15) is 5.60 Å². The van der Waals surface area contributed by atoms with Crippen molar-refractivity contribution in [2.45, 2.75) is 31.4 Å². The van der Waals surface area contributed by atoms with Gasteiger partial charge in [-0.3, -0.25) is 4.79 Å². The number of carbonyl (C=O) groups is 2. The summed E-state index contributed by atoms with van der Waals surface area (Å²) in [4.78, 5) is 24.0. The molecule has 2 aromatic rings. The molecule has 1 saturated carbocycles. The zero-order valence-electron chi connectivity index (χ0n) is 14.7. The van der Waals surface area contributed by atoms with E-state index >= 15 is 0 Å². The summed E-state index contributed by atoms with van der Waals surface area (Å²) >= 11 is 0. The molecule has 1 atom stereocenters. The molecule has 1 aliphatic carbocycles. The van der Waals surface area contributed by atoms with E-state index in [-0.39, 0.29) is 24.5 Å². The first kappa shape index (κ1) is 17.9. The van der Waals surface area contributed by atoms with Gasteiger partial charge >= 0.3 is 6.03 Å². The number of nitrogens with one attached hydrogen (secondary N) is 3. The minimum Gasteiger partial charge on any atom is -0.384 e. The average molecular weight is 353 g/mol. The quantitative estimate of drug-likeness (QED) is 0.643. The Morgan fingerprint density at radius 2 is 1.73 bits per heavy atom. The first-order valence-corrected chi connectivity index (χ1v) is 8.68. The van der Waals surface area contributed by atoms with Crippen LogP contribution < -0.4 is 16.0 Å². The van der Waals surface area contributed by atoms with Gasteiger partial charge in [-0.25, -0.2) is 4.79 Å². The predicted octanol–water partition coefficient (Wildman–Crippen LogP) is 2.61. The SMILES string of the molecule is C[C@@](O)(CNC(=O)c1ccc(NC(=O)NC2CC2)cc1)c1ccccc1. The third-order valence-corrected chi connectivity index (χ3v) is 4.31. The van der Waals surface area contributed by atoms with Gasteiger partial charge in [-0.1, -0.05) is 30.3 Å². The van der Waals surface area contributed by atoms with Crippen molar-refractivity contribution in [3.05, 3.63) is 65.7 Å². The molecule has 136 valence electrons. The molecule has 2 aromatic carbocycles. The van der Waals surface area contributed by atoms with Crippen molar-refractivity contribution in [2.75, 3.05) is 11.9 Å². The predicted molar refractivity (Wildman–Crippen MR) is 100.0 cm³/mol. The lowest BCUT2D eigenvalue weighted by Crippen LogP contribution is -2.38. The molecular formula is C20H23N3O3. The molecule has 0 heterocycles. The Bertz CT molecular complexity index is 769. The van der Waals surface area contributed by atoms with E-state index in [9.17, 15) is 14.7 Å². The van der Waals surface area contributed by atoms with Gasteiger partial charge < -0.3 is 21.1 Å². The fourth-order valence-corrected chi connectivity index (χ4v) is 2.54. The van der Waals surface area contributed by atoms with Crippen LogP contribution in [0.4, 0.5) is 10.5 Å². The van der Waals surface area contributed by atoms with Crippen molar-refractivity contribution in [3.8, 4) is 0 Å². The highest BCUT2D eigenvalue weighted by Crippen LogP contribution is 2.20. The summed E-state index contributed by atoms with van der Waals surface area (Å²) in [6.45, 7) is 1.76. The molecule has 6 nitrogen and oxygen atoms in total. The Balaban J connectivity index is 1.53. The molecular weight excluding hydrogens is 330 g/mol. The standard InChI is InChI=1S/C20H23N3O3/c1-20(26,15-5-3-2-4-6-15)13-21-18(24)14-7-9-16(10-8-14)22-19(25)23-17-11-12-17/h2-10,17,26H,11-13H2,1H3,(H,21,24)(H2,22,23,25)/t20-/m1/s1. The van der Waals surface area contributed by atoms with Crippen molar-refractivity contribution < 1.29 is 14.7 Å². The van der Waals surface area contributed by atoms with Gasteiger partial charge in [0.15, 0.2) is 0 Å². The summed E-state index contributed by atoms with van der Waals surface area (Å²) in [5.74, 6) is -0.282. The van der Waals surface area contributed by atoms with Gasteiger partial charge in [-0.05, 0) is 49.6 Å². The highest BCUT2D eigenvalue weighted by molar-refractivity contribution is 5.95. The summed E-state index contributed by atoms with van der Waals surface area (Å²) < 4.78 is 0. The van der Waals surface area contributed by atoms with E-state index in [4.69, 9.17) is 0 Å². The maximum atomic E-state index is 12.3. The van der Waals surface area contributed by atoms with E-state index in [0.29, 0.717) is 11.3 Å². The van der Waals surface area contributed by atoms with E-state index < -0.39 is 5.60 Å². The lowest BCUT2D eigenvalue weighted by molar-refractivity contribution is 0.0526. The summed E-state index contributed by atoms with van der Waals surface area (Å²) in [6.07, 6.45) is 2.05. The van der Waals surface area contributed by atoms with Crippen LogP contribution in [0.3, 0.4) is 0 Å². The van der Waals surface area contributed by atoms with Crippen LogP contribution in [0.2, 0.25) is 0 Å². The van der Waals surface area contributed by atoms with Crippen LogP contribution in [-0.2, 0) is 5.60 Å². The maximum absolute atomic E-state index is 12.3. The monoisotopic (exact) mass is 353 g/mol. The molecule has 3 rings (SSSR count). The Morgan fingerprint density at radius 3 is 2.35 bits per heavy atom. The Kier molecular flexibility index (Phi) is 5.23. The molecule has 3 amide bonds. The van der Waals surface area contributed by atoms with Crippen LogP contribution in [-0.4, -0.2) is 29.6 Å². The number of hydrogen-bond acceptors (Lipinski definition) is 3. The van der Waals surface area contributed by atoms with Crippen LogP contribution in [0.5, 0.6) is 0 Å². The largest absolute Gasteiger partial charge is 0.384 e. The first-order valence-electron chi connectivity index (χ1n) is 8.68. The number of rotatable bonds is 6. The summed E-state index contributed by atoms with van der Waals surface area (Å²) in [7, 11) is 0. The number of urea groups is 1. The summed E-state index contributed by atoms with van der Waals surface area (Å²) in [5.41, 5.74) is 0.666. The van der Waals surface area contributed by atoms with Crippen LogP contribution in [0.1, 0.15) is 35.7 Å². The Hall–Kier alpha value is -2.86. The Labute approximate surface area is 152 Å². The second kappa shape index (κ2) is 7.58. The zero-order valence-corrected chi connectivity index (χ0v) is 14.7. The molecule has 6 heteroatoms. The third-order valence-electron chi connectivity index (χ3n) is 4.31. The van der Waals surface area contributed by atoms with Gasteiger partial charge in [0.05, 0.1) is 6.54 Å². The van der Waals surface area contributed by atoms with Crippen molar-refractivity contribution in [1.82, 2.24) is 10.6 Å². The molecule has 1 fully saturated rings. The molecule has 0 aliphatic heterocycles. The third kappa shape index (κ3) is 4.83.